The second-order valence-corrected chi connectivity index (χ2v) is 6.25. The fourth-order valence-corrected chi connectivity index (χ4v) is 3.38. The zero-order valence-electron chi connectivity index (χ0n) is 11.4. The number of thiocarbonyl (C=S) groups is 1. The highest BCUT2D eigenvalue weighted by molar-refractivity contribution is 8.26. The number of carbonyl (C=O) groups excluding carboxylic acids is 1. The maximum absolute atomic E-state index is 12.3. The van der Waals surface area contributed by atoms with Gasteiger partial charge >= 0.3 is 0 Å². The summed E-state index contributed by atoms with van der Waals surface area (Å²) < 4.78 is 5.62. The van der Waals surface area contributed by atoms with Crippen LogP contribution in [0.15, 0.2) is 23.1 Å². The smallest absolute Gasteiger partial charge is 0.266 e. The van der Waals surface area contributed by atoms with Crippen LogP contribution >= 0.6 is 24.0 Å². The zero-order valence-corrected chi connectivity index (χ0v) is 13.0. The van der Waals surface area contributed by atoms with Crippen LogP contribution in [-0.4, -0.2) is 33.4 Å². The first-order valence-corrected chi connectivity index (χ1v) is 7.30. The van der Waals surface area contributed by atoms with Crippen molar-refractivity contribution < 1.29 is 14.6 Å². The van der Waals surface area contributed by atoms with Crippen LogP contribution in [0, 0.1) is 0 Å². The number of nitrogens with zero attached hydrogens (tertiary/aromatic N) is 1. The number of amides is 1. The highest BCUT2D eigenvalue weighted by Crippen LogP contribution is 2.35. The van der Waals surface area contributed by atoms with Gasteiger partial charge in [-0.3, -0.25) is 9.69 Å². The summed E-state index contributed by atoms with van der Waals surface area (Å²) in [4.78, 5) is 14.4. The van der Waals surface area contributed by atoms with E-state index in [-0.39, 0.29) is 17.7 Å². The van der Waals surface area contributed by atoms with E-state index in [0.717, 1.165) is 5.56 Å². The summed E-state index contributed by atoms with van der Waals surface area (Å²) in [6, 6.07) is 4.98. The molecule has 0 atom stereocenters. The van der Waals surface area contributed by atoms with E-state index < -0.39 is 0 Å². The molecular formula is C14H15NO3S2. The minimum absolute atomic E-state index is 0.0442. The van der Waals surface area contributed by atoms with Gasteiger partial charge in [-0.2, -0.15) is 0 Å². The number of hydrogen-bond donors (Lipinski definition) is 1. The number of rotatable bonds is 3. The zero-order chi connectivity index (χ0) is 14.9. The lowest BCUT2D eigenvalue weighted by molar-refractivity contribution is -0.123. The molecule has 1 heterocycles. The normalized spacial score (nSPS) is 17.4. The molecule has 106 valence electrons. The van der Waals surface area contributed by atoms with Crippen molar-refractivity contribution in [3.05, 3.63) is 28.7 Å². The van der Waals surface area contributed by atoms with Crippen molar-refractivity contribution in [2.75, 3.05) is 7.11 Å². The molecule has 6 heteroatoms. The molecule has 0 radical (unpaired) electrons. The predicted molar refractivity (Wildman–Crippen MR) is 84.8 cm³/mol. The van der Waals surface area contributed by atoms with Gasteiger partial charge in [0.25, 0.3) is 5.91 Å². The van der Waals surface area contributed by atoms with Crippen LogP contribution in [0.1, 0.15) is 19.4 Å². The molecule has 1 N–H and O–H groups in total. The van der Waals surface area contributed by atoms with Gasteiger partial charge in [-0.15, -0.1) is 0 Å². The first-order chi connectivity index (χ1) is 9.43. The van der Waals surface area contributed by atoms with Crippen LogP contribution in [0.4, 0.5) is 0 Å². The lowest BCUT2D eigenvalue weighted by atomic mass is 10.2. The summed E-state index contributed by atoms with van der Waals surface area (Å²) >= 11 is 6.51. The van der Waals surface area contributed by atoms with Gasteiger partial charge in [-0.1, -0.05) is 30.0 Å². The topological polar surface area (TPSA) is 49.8 Å². The third-order valence-corrected chi connectivity index (χ3v) is 4.17. The number of ether oxygens (including phenoxy) is 1. The largest absolute Gasteiger partial charge is 0.504 e. The standard InChI is InChI=1S/C14H15NO3S2/c1-8(2)15-13(17)12(20-14(15)19)7-9-4-5-10(16)11(6-9)18-3/h4-8,16H,1-3H3. The molecule has 1 aromatic carbocycles. The Morgan fingerprint density at radius 3 is 2.70 bits per heavy atom. The van der Waals surface area contributed by atoms with Gasteiger partial charge in [-0.05, 0) is 37.6 Å². The van der Waals surface area contributed by atoms with E-state index in [0.29, 0.717) is 15.0 Å². The van der Waals surface area contributed by atoms with Crippen LogP contribution in [0.5, 0.6) is 11.5 Å². The lowest BCUT2D eigenvalue weighted by Gasteiger charge is -2.18. The Morgan fingerprint density at radius 2 is 2.15 bits per heavy atom. The van der Waals surface area contributed by atoms with E-state index in [1.807, 2.05) is 13.8 Å². The van der Waals surface area contributed by atoms with Crippen molar-refractivity contribution in [2.45, 2.75) is 19.9 Å². The van der Waals surface area contributed by atoms with Gasteiger partial charge in [0.15, 0.2) is 11.5 Å². The highest BCUT2D eigenvalue weighted by atomic mass is 32.2. The van der Waals surface area contributed by atoms with Crippen LogP contribution < -0.4 is 4.74 Å². The quantitative estimate of drug-likeness (QED) is 0.687. The number of methoxy groups -OCH3 is 1. The van der Waals surface area contributed by atoms with E-state index >= 15 is 0 Å². The Labute approximate surface area is 127 Å². The Hall–Kier alpha value is -1.53. The number of thioether (sulfide) groups is 1. The van der Waals surface area contributed by atoms with Crippen LogP contribution in [0.25, 0.3) is 6.08 Å². The van der Waals surface area contributed by atoms with Crippen LogP contribution in [0.2, 0.25) is 0 Å². The molecule has 0 spiro atoms. The molecule has 2 rings (SSSR count). The van der Waals surface area contributed by atoms with Crippen molar-refractivity contribution in [1.82, 2.24) is 4.90 Å². The summed E-state index contributed by atoms with van der Waals surface area (Å²) in [6.45, 7) is 3.86. The number of phenols is 1. The number of hydrogen-bond acceptors (Lipinski definition) is 5. The maximum Gasteiger partial charge on any atom is 0.266 e. The molecule has 1 aromatic rings. The molecule has 1 saturated heterocycles. The lowest BCUT2D eigenvalue weighted by Crippen LogP contribution is -2.34. The highest BCUT2D eigenvalue weighted by Gasteiger charge is 2.33. The molecule has 1 amide bonds. The maximum atomic E-state index is 12.3. The van der Waals surface area contributed by atoms with Gasteiger partial charge in [0, 0.05) is 6.04 Å². The second-order valence-electron chi connectivity index (χ2n) is 4.58. The summed E-state index contributed by atoms with van der Waals surface area (Å²) in [5, 5.41) is 9.56. The molecular weight excluding hydrogens is 294 g/mol. The molecule has 1 aliphatic heterocycles. The summed E-state index contributed by atoms with van der Waals surface area (Å²) in [6.07, 6.45) is 1.75. The molecule has 1 fully saturated rings. The van der Waals surface area contributed by atoms with E-state index in [1.165, 1.54) is 24.9 Å². The molecule has 4 nitrogen and oxygen atoms in total. The van der Waals surface area contributed by atoms with Gasteiger partial charge < -0.3 is 9.84 Å². The van der Waals surface area contributed by atoms with Crippen molar-refractivity contribution in [3.63, 3.8) is 0 Å². The molecule has 20 heavy (non-hydrogen) atoms. The molecule has 0 aromatic heterocycles. The van der Waals surface area contributed by atoms with Crippen molar-refractivity contribution in [2.24, 2.45) is 0 Å². The third-order valence-electron chi connectivity index (χ3n) is 2.84. The molecule has 0 bridgehead atoms. The minimum Gasteiger partial charge on any atom is -0.504 e. The fraction of sp³-hybridized carbons (Fsp3) is 0.286. The Morgan fingerprint density at radius 1 is 1.45 bits per heavy atom. The van der Waals surface area contributed by atoms with Gasteiger partial charge in [0.1, 0.15) is 4.32 Å². The van der Waals surface area contributed by atoms with Crippen molar-refractivity contribution >= 4 is 40.3 Å². The molecule has 0 saturated carbocycles. The van der Waals surface area contributed by atoms with E-state index in [1.54, 1.807) is 23.1 Å². The fourth-order valence-electron chi connectivity index (χ4n) is 1.86. The predicted octanol–water partition coefficient (Wildman–Crippen LogP) is 3.01. The van der Waals surface area contributed by atoms with Crippen LogP contribution in [-0.2, 0) is 4.79 Å². The van der Waals surface area contributed by atoms with Crippen molar-refractivity contribution in [1.29, 1.82) is 0 Å². The van der Waals surface area contributed by atoms with Crippen molar-refractivity contribution in [3.8, 4) is 11.5 Å². The monoisotopic (exact) mass is 309 g/mol. The minimum atomic E-state index is -0.0814. The summed E-state index contributed by atoms with van der Waals surface area (Å²) in [5.41, 5.74) is 0.781. The average Bonchev–Trinajstić information content (AvgIpc) is 2.66. The van der Waals surface area contributed by atoms with E-state index in [9.17, 15) is 9.90 Å². The second kappa shape index (κ2) is 5.85. The number of carbonyl (C=O) groups is 1. The summed E-state index contributed by atoms with van der Waals surface area (Å²) in [5.74, 6) is 0.361. The molecule has 0 aliphatic carbocycles. The van der Waals surface area contributed by atoms with Gasteiger partial charge in [0.05, 0.1) is 12.0 Å². The summed E-state index contributed by atoms with van der Waals surface area (Å²) in [7, 11) is 1.48. The molecule has 0 unspecified atom stereocenters. The van der Waals surface area contributed by atoms with E-state index in [2.05, 4.69) is 0 Å². The Kier molecular flexibility index (Phi) is 4.35. The first kappa shape index (κ1) is 14.9. The molecule has 1 aliphatic rings. The number of phenolic OH excluding ortho intramolecular Hbond substituents is 1. The SMILES string of the molecule is COc1cc(C=C2SC(=S)N(C(C)C)C2=O)ccc1O. The number of aromatic hydroxyl groups is 1. The van der Waals surface area contributed by atoms with Gasteiger partial charge in [0.2, 0.25) is 0 Å². The van der Waals surface area contributed by atoms with E-state index in [4.69, 9.17) is 17.0 Å². The third kappa shape index (κ3) is 2.81. The Bertz CT molecular complexity index is 596. The Balaban J connectivity index is 2.33. The first-order valence-electron chi connectivity index (χ1n) is 6.08. The number of benzene rings is 1. The van der Waals surface area contributed by atoms with Gasteiger partial charge in [-0.25, -0.2) is 0 Å². The van der Waals surface area contributed by atoms with Crippen LogP contribution in [0.3, 0.4) is 0 Å². The average molecular weight is 309 g/mol.